The summed E-state index contributed by atoms with van der Waals surface area (Å²) >= 11 is 0. The highest BCUT2D eigenvalue weighted by molar-refractivity contribution is 6.13. The molecule has 2 aromatic carbocycles. The average Bonchev–Trinajstić information content (AvgIpc) is 2.91. The molecule has 0 aliphatic carbocycles. The molecule has 1 aliphatic heterocycles. The van der Waals surface area contributed by atoms with Gasteiger partial charge in [-0.1, -0.05) is 30.4 Å². The molecule has 29 heavy (non-hydrogen) atoms. The number of carbonyl (C=O) groups excluding carboxylic acids is 2. The number of amides is 3. The van der Waals surface area contributed by atoms with Crippen molar-refractivity contribution in [2.75, 3.05) is 25.2 Å². The largest absolute Gasteiger partial charge is 0.490 e. The van der Waals surface area contributed by atoms with Gasteiger partial charge < -0.3 is 9.64 Å². The van der Waals surface area contributed by atoms with Gasteiger partial charge in [-0.3, -0.25) is 9.69 Å². The number of imide groups is 1. The van der Waals surface area contributed by atoms with Crippen molar-refractivity contribution in [2.24, 2.45) is 0 Å². The minimum Gasteiger partial charge on any atom is -0.490 e. The van der Waals surface area contributed by atoms with Gasteiger partial charge in [-0.25, -0.2) is 9.69 Å². The van der Waals surface area contributed by atoms with Gasteiger partial charge in [0.1, 0.15) is 24.9 Å². The topological polar surface area (TPSA) is 54.3 Å². The maximum absolute atomic E-state index is 12.9. The number of carbonyl (C=O) groups is 2. The highest BCUT2D eigenvalue weighted by atomic mass is 16.5. The van der Waals surface area contributed by atoms with Gasteiger partial charge in [-0.05, 0) is 50.2 Å². The Labute approximate surface area is 172 Å². The minimum absolute atomic E-state index is 0.164. The first kappa shape index (κ1) is 20.6. The lowest BCUT2D eigenvalue weighted by molar-refractivity contribution is -0.901. The molecule has 0 bridgehead atoms. The van der Waals surface area contributed by atoms with E-state index in [1.54, 1.807) is 17.9 Å². The van der Waals surface area contributed by atoms with Crippen LogP contribution in [0.1, 0.15) is 18.1 Å². The molecule has 0 saturated carbocycles. The van der Waals surface area contributed by atoms with E-state index >= 15 is 0 Å². The van der Waals surface area contributed by atoms with E-state index in [1.807, 2.05) is 62.5 Å². The maximum atomic E-state index is 12.9. The van der Waals surface area contributed by atoms with Crippen LogP contribution in [0.5, 0.6) is 5.75 Å². The molecule has 6 heteroatoms. The Balaban J connectivity index is 1.64. The van der Waals surface area contributed by atoms with Crippen molar-refractivity contribution in [3.63, 3.8) is 0 Å². The van der Waals surface area contributed by atoms with Gasteiger partial charge in [0.25, 0.3) is 5.91 Å². The fourth-order valence-electron chi connectivity index (χ4n) is 3.44. The van der Waals surface area contributed by atoms with E-state index in [0.717, 1.165) is 27.5 Å². The number of quaternary nitrogens is 1. The number of aryl methyl sites for hydroxylation is 1. The molecule has 1 heterocycles. The second kappa shape index (κ2) is 8.92. The molecular formula is C23H28N3O3+. The van der Waals surface area contributed by atoms with Crippen LogP contribution in [0.15, 0.2) is 61.2 Å². The zero-order valence-corrected chi connectivity index (χ0v) is 17.2. The number of nitrogens with one attached hydrogen (secondary N) is 1. The highest BCUT2D eigenvalue weighted by Crippen LogP contribution is 2.25. The molecule has 0 spiro atoms. The monoisotopic (exact) mass is 394 g/mol. The van der Waals surface area contributed by atoms with Crippen molar-refractivity contribution < 1.29 is 19.2 Å². The summed E-state index contributed by atoms with van der Waals surface area (Å²) in [6.07, 6.45) is 1.71. The number of nitrogens with zero attached hydrogens (tertiary/aromatic N) is 2. The maximum Gasteiger partial charge on any atom is 0.336 e. The fraction of sp³-hybridized carbons (Fsp3) is 0.304. The third-order valence-corrected chi connectivity index (χ3v) is 4.98. The molecule has 0 radical (unpaired) electrons. The zero-order chi connectivity index (χ0) is 21.0. The van der Waals surface area contributed by atoms with Crippen LogP contribution in [0.2, 0.25) is 0 Å². The van der Waals surface area contributed by atoms with E-state index in [1.165, 1.54) is 4.90 Å². The molecule has 1 aliphatic rings. The molecule has 152 valence electrons. The average molecular weight is 394 g/mol. The minimum atomic E-state index is -0.501. The summed E-state index contributed by atoms with van der Waals surface area (Å²) in [5.41, 5.74) is 2.97. The number of anilines is 1. The predicted molar refractivity (Wildman–Crippen MR) is 113 cm³/mol. The third-order valence-electron chi connectivity index (χ3n) is 4.98. The molecule has 2 atom stereocenters. The Morgan fingerprint density at radius 1 is 1.10 bits per heavy atom. The molecule has 6 nitrogen and oxygen atoms in total. The van der Waals surface area contributed by atoms with Crippen molar-refractivity contribution in [3.05, 3.63) is 72.3 Å². The van der Waals surface area contributed by atoms with Crippen molar-refractivity contribution in [1.29, 1.82) is 0 Å². The van der Waals surface area contributed by atoms with Crippen LogP contribution in [0.25, 0.3) is 0 Å². The molecule has 1 fully saturated rings. The van der Waals surface area contributed by atoms with E-state index in [2.05, 4.69) is 6.58 Å². The van der Waals surface area contributed by atoms with Gasteiger partial charge in [-0.2, -0.15) is 0 Å². The van der Waals surface area contributed by atoms with Crippen molar-refractivity contribution >= 4 is 17.6 Å². The lowest BCUT2D eigenvalue weighted by Gasteiger charge is -2.21. The number of hydrogen-bond donors (Lipinski definition) is 1. The lowest BCUT2D eigenvalue weighted by atomic mass is 10.2. The van der Waals surface area contributed by atoms with Crippen LogP contribution < -0.4 is 14.5 Å². The van der Waals surface area contributed by atoms with E-state index in [9.17, 15) is 9.59 Å². The summed E-state index contributed by atoms with van der Waals surface area (Å²) in [6.45, 7) is 8.89. The van der Waals surface area contributed by atoms with Gasteiger partial charge in [-0.15, -0.1) is 0 Å². The smallest absolute Gasteiger partial charge is 0.336 e. The summed E-state index contributed by atoms with van der Waals surface area (Å²) in [4.78, 5) is 29.6. The van der Waals surface area contributed by atoms with E-state index in [0.29, 0.717) is 19.8 Å². The van der Waals surface area contributed by atoms with Gasteiger partial charge in [0.05, 0.1) is 7.05 Å². The van der Waals surface area contributed by atoms with Crippen LogP contribution >= 0.6 is 0 Å². The van der Waals surface area contributed by atoms with Gasteiger partial charge >= 0.3 is 6.03 Å². The van der Waals surface area contributed by atoms with Crippen LogP contribution in [0.3, 0.4) is 0 Å². The Morgan fingerprint density at radius 3 is 2.38 bits per heavy atom. The molecule has 1 saturated heterocycles. The molecule has 2 aromatic rings. The van der Waals surface area contributed by atoms with Gasteiger partial charge in [0.2, 0.25) is 0 Å². The van der Waals surface area contributed by atoms with E-state index in [-0.39, 0.29) is 11.9 Å². The van der Waals surface area contributed by atoms with Crippen LogP contribution in [-0.2, 0) is 11.3 Å². The zero-order valence-electron chi connectivity index (χ0n) is 17.2. The first-order chi connectivity index (χ1) is 13.9. The van der Waals surface area contributed by atoms with Crippen molar-refractivity contribution in [1.82, 2.24) is 4.90 Å². The number of rotatable bonds is 8. The molecular weight excluding hydrogens is 366 g/mol. The Bertz CT molecular complexity index is 877. The number of benzene rings is 2. The predicted octanol–water partition coefficient (Wildman–Crippen LogP) is 2.39. The van der Waals surface area contributed by atoms with Crippen LogP contribution in [0.4, 0.5) is 10.5 Å². The van der Waals surface area contributed by atoms with Gasteiger partial charge in [0, 0.05) is 11.3 Å². The lowest BCUT2D eigenvalue weighted by Crippen LogP contribution is -3.09. The Kier molecular flexibility index (Phi) is 6.34. The SMILES string of the molecule is C=CCOc1ccc(C[NH+](C)CN2C(=O)[C@H](C)N(c3ccc(C)cc3)C2=O)cc1. The second-order valence-electron chi connectivity index (χ2n) is 7.47. The Morgan fingerprint density at radius 2 is 1.76 bits per heavy atom. The molecule has 1 N–H and O–H groups in total. The van der Waals surface area contributed by atoms with E-state index in [4.69, 9.17) is 4.74 Å². The van der Waals surface area contributed by atoms with Crippen LogP contribution in [0, 0.1) is 6.92 Å². The highest BCUT2D eigenvalue weighted by Gasteiger charge is 2.44. The van der Waals surface area contributed by atoms with Crippen LogP contribution in [-0.4, -0.2) is 43.2 Å². The molecule has 0 aromatic heterocycles. The summed E-state index contributed by atoms with van der Waals surface area (Å²) in [5.74, 6) is 0.627. The molecule has 3 rings (SSSR count). The number of ether oxygens (including phenoxy) is 1. The summed E-state index contributed by atoms with van der Waals surface area (Å²) in [5, 5.41) is 0. The normalized spacial score (nSPS) is 17.6. The van der Waals surface area contributed by atoms with Gasteiger partial charge in [0.15, 0.2) is 6.67 Å². The summed E-state index contributed by atoms with van der Waals surface area (Å²) in [6, 6.07) is 14.7. The number of urea groups is 1. The van der Waals surface area contributed by atoms with E-state index < -0.39 is 6.04 Å². The number of hydrogen-bond acceptors (Lipinski definition) is 3. The van der Waals surface area contributed by atoms with Crippen molar-refractivity contribution in [3.8, 4) is 5.75 Å². The molecule has 3 amide bonds. The first-order valence-electron chi connectivity index (χ1n) is 9.76. The third kappa shape index (κ3) is 4.66. The fourth-order valence-corrected chi connectivity index (χ4v) is 3.44. The summed E-state index contributed by atoms with van der Waals surface area (Å²) in [7, 11) is 1.97. The van der Waals surface area contributed by atoms with Crippen molar-refractivity contribution in [2.45, 2.75) is 26.4 Å². The first-order valence-corrected chi connectivity index (χ1v) is 9.76. The quantitative estimate of drug-likeness (QED) is 0.553. The molecule has 1 unspecified atom stereocenters. The summed E-state index contributed by atoms with van der Waals surface area (Å²) < 4.78 is 5.50. The Hall–Kier alpha value is -3.12. The second-order valence-corrected chi connectivity index (χ2v) is 7.47. The standard InChI is InChI=1S/C23H27N3O3/c1-5-14-29-21-12-8-19(9-13-21)15-24(4)16-25-22(27)18(3)26(23(25)28)20-10-6-17(2)7-11-20/h5-13,18H,1,14-16H2,2-4H3/p+1/t18-/m0/s1.